The van der Waals surface area contributed by atoms with Crippen LogP contribution in [0.15, 0.2) is 42.5 Å². The lowest BCUT2D eigenvalue weighted by Gasteiger charge is -2.26. The lowest BCUT2D eigenvalue weighted by Crippen LogP contribution is -2.35. The molecule has 0 spiro atoms. The third-order valence-corrected chi connectivity index (χ3v) is 3.84. The van der Waals surface area contributed by atoms with E-state index in [4.69, 9.17) is 5.73 Å². The Balaban J connectivity index is 2.17. The Morgan fingerprint density at radius 2 is 1.94 bits per heavy atom. The highest BCUT2D eigenvalue weighted by molar-refractivity contribution is 5.47. The van der Waals surface area contributed by atoms with Crippen LogP contribution in [0.25, 0.3) is 0 Å². The van der Waals surface area contributed by atoms with Gasteiger partial charge in [0.25, 0.3) is 0 Å². The van der Waals surface area contributed by atoms with Crippen LogP contribution in [-0.2, 0) is 12.0 Å². The minimum atomic E-state index is -0.538. The van der Waals surface area contributed by atoms with Crippen LogP contribution in [-0.4, -0.2) is 0 Å². The smallest absolute Gasteiger partial charge is 0.123 e. The van der Waals surface area contributed by atoms with E-state index in [1.54, 1.807) is 6.07 Å². The summed E-state index contributed by atoms with van der Waals surface area (Å²) in [5.74, 6) is -0.209. The van der Waals surface area contributed by atoms with Crippen LogP contribution in [0.5, 0.6) is 0 Å². The standard InChI is InChI=1S/C16H16FN/c1-11-8-13(10-14(17)9-11)16(18)7-6-12-4-2-3-5-15(12)16/h2-5,8-10H,6-7,18H2,1H3. The number of hydrogen-bond donors (Lipinski definition) is 1. The van der Waals surface area contributed by atoms with Crippen LogP contribution in [0.2, 0.25) is 0 Å². The van der Waals surface area contributed by atoms with Crippen LogP contribution in [0, 0.1) is 12.7 Å². The molecule has 1 nitrogen and oxygen atoms in total. The highest BCUT2D eigenvalue weighted by atomic mass is 19.1. The third kappa shape index (κ3) is 1.65. The van der Waals surface area contributed by atoms with Gasteiger partial charge in [0.05, 0.1) is 5.54 Å². The van der Waals surface area contributed by atoms with Crippen LogP contribution >= 0.6 is 0 Å². The first-order valence-corrected chi connectivity index (χ1v) is 6.24. The van der Waals surface area contributed by atoms with Gasteiger partial charge in [0, 0.05) is 0 Å². The van der Waals surface area contributed by atoms with E-state index < -0.39 is 5.54 Å². The summed E-state index contributed by atoms with van der Waals surface area (Å²) in [4.78, 5) is 0. The predicted octanol–water partition coefficient (Wildman–Crippen LogP) is 3.28. The molecule has 0 fully saturated rings. The zero-order chi connectivity index (χ0) is 12.8. The van der Waals surface area contributed by atoms with Crippen molar-refractivity contribution in [1.82, 2.24) is 0 Å². The zero-order valence-corrected chi connectivity index (χ0v) is 10.4. The lowest BCUT2D eigenvalue weighted by atomic mass is 9.84. The molecule has 0 aromatic heterocycles. The Hall–Kier alpha value is -1.67. The van der Waals surface area contributed by atoms with Crippen molar-refractivity contribution >= 4 is 0 Å². The second-order valence-corrected chi connectivity index (χ2v) is 5.15. The normalized spacial score (nSPS) is 21.9. The zero-order valence-electron chi connectivity index (χ0n) is 10.4. The molecule has 18 heavy (non-hydrogen) atoms. The van der Waals surface area contributed by atoms with Crippen molar-refractivity contribution in [3.05, 3.63) is 70.5 Å². The molecule has 92 valence electrons. The van der Waals surface area contributed by atoms with Crippen molar-refractivity contribution in [1.29, 1.82) is 0 Å². The van der Waals surface area contributed by atoms with E-state index >= 15 is 0 Å². The number of aryl methyl sites for hydroxylation is 2. The fourth-order valence-electron chi connectivity index (χ4n) is 2.93. The predicted molar refractivity (Wildman–Crippen MR) is 70.9 cm³/mol. The Morgan fingerprint density at radius 1 is 1.17 bits per heavy atom. The molecule has 1 atom stereocenters. The third-order valence-electron chi connectivity index (χ3n) is 3.84. The minimum Gasteiger partial charge on any atom is -0.318 e. The van der Waals surface area contributed by atoms with Gasteiger partial charge >= 0.3 is 0 Å². The maximum Gasteiger partial charge on any atom is 0.123 e. The van der Waals surface area contributed by atoms with Gasteiger partial charge < -0.3 is 5.73 Å². The fourth-order valence-corrected chi connectivity index (χ4v) is 2.93. The van der Waals surface area contributed by atoms with Crippen LogP contribution in [0.4, 0.5) is 4.39 Å². The molecule has 2 N–H and O–H groups in total. The molecule has 0 saturated carbocycles. The summed E-state index contributed by atoms with van der Waals surface area (Å²) in [6, 6.07) is 13.3. The van der Waals surface area contributed by atoms with Crippen molar-refractivity contribution in [3.8, 4) is 0 Å². The van der Waals surface area contributed by atoms with E-state index in [0.29, 0.717) is 0 Å². The topological polar surface area (TPSA) is 26.0 Å². The number of benzene rings is 2. The highest BCUT2D eigenvalue weighted by Gasteiger charge is 2.36. The molecule has 2 aromatic carbocycles. The summed E-state index contributed by atoms with van der Waals surface area (Å²) in [5, 5.41) is 0. The van der Waals surface area contributed by atoms with Gasteiger partial charge in [-0.2, -0.15) is 0 Å². The molecular formula is C16H16FN. The van der Waals surface area contributed by atoms with Gasteiger partial charge in [-0.25, -0.2) is 4.39 Å². The Labute approximate surface area is 106 Å². The van der Waals surface area contributed by atoms with E-state index in [-0.39, 0.29) is 5.82 Å². The van der Waals surface area contributed by atoms with E-state index in [0.717, 1.165) is 29.5 Å². The lowest BCUT2D eigenvalue weighted by molar-refractivity contribution is 0.526. The van der Waals surface area contributed by atoms with Crippen molar-refractivity contribution in [3.63, 3.8) is 0 Å². The molecule has 3 rings (SSSR count). The molecule has 0 radical (unpaired) electrons. The molecule has 2 aromatic rings. The minimum absolute atomic E-state index is 0.209. The second-order valence-electron chi connectivity index (χ2n) is 5.15. The summed E-state index contributed by atoms with van der Waals surface area (Å²) in [7, 11) is 0. The molecule has 0 saturated heterocycles. The molecule has 1 aliphatic carbocycles. The first kappa shape index (κ1) is 11.4. The number of nitrogens with two attached hydrogens (primary N) is 1. The maximum absolute atomic E-state index is 13.6. The van der Waals surface area contributed by atoms with E-state index in [9.17, 15) is 4.39 Å². The summed E-state index contributed by atoms with van der Waals surface area (Å²) in [6.07, 6.45) is 1.80. The Kier molecular flexibility index (Phi) is 2.49. The number of fused-ring (bicyclic) bond motifs is 1. The molecule has 1 aliphatic rings. The second kappa shape index (κ2) is 3.92. The molecule has 2 heteroatoms. The van der Waals surface area contributed by atoms with E-state index in [2.05, 4.69) is 12.1 Å². The average molecular weight is 241 g/mol. The van der Waals surface area contributed by atoms with Crippen molar-refractivity contribution in [2.45, 2.75) is 25.3 Å². The van der Waals surface area contributed by atoms with Gasteiger partial charge in [-0.3, -0.25) is 0 Å². The summed E-state index contributed by atoms with van der Waals surface area (Å²) < 4.78 is 13.6. The van der Waals surface area contributed by atoms with Gasteiger partial charge in [-0.1, -0.05) is 30.3 Å². The molecule has 0 amide bonds. The first-order valence-electron chi connectivity index (χ1n) is 6.24. The molecule has 0 heterocycles. The Bertz CT molecular complexity index is 586. The SMILES string of the molecule is Cc1cc(F)cc(C2(N)CCc3ccccc32)c1. The summed E-state index contributed by atoms with van der Waals surface area (Å²) in [6.45, 7) is 1.90. The molecule has 1 unspecified atom stereocenters. The Morgan fingerprint density at radius 3 is 2.72 bits per heavy atom. The van der Waals surface area contributed by atoms with Gasteiger partial charge in [0.2, 0.25) is 0 Å². The monoisotopic (exact) mass is 241 g/mol. The fraction of sp³-hybridized carbons (Fsp3) is 0.250. The maximum atomic E-state index is 13.6. The quantitative estimate of drug-likeness (QED) is 0.814. The van der Waals surface area contributed by atoms with Gasteiger partial charge in [-0.15, -0.1) is 0 Å². The van der Waals surface area contributed by atoms with E-state index in [1.807, 2.05) is 25.1 Å². The van der Waals surface area contributed by atoms with Gasteiger partial charge in [-0.05, 0) is 54.2 Å². The first-order chi connectivity index (χ1) is 8.59. The van der Waals surface area contributed by atoms with E-state index in [1.165, 1.54) is 11.6 Å². The van der Waals surface area contributed by atoms with Crippen molar-refractivity contribution in [2.24, 2.45) is 5.73 Å². The van der Waals surface area contributed by atoms with Gasteiger partial charge in [0.15, 0.2) is 0 Å². The summed E-state index contributed by atoms with van der Waals surface area (Å²) >= 11 is 0. The van der Waals surface area contributed by atoms with Gasteiger partial charge in [0.1, 0.15) is 5.82 Å². The number of halogens is 1. The highest BCUT2D eigenvalue weighted by Crippen LogP contribution is 2.40. The van der Waals surface area contributed by atoms with Crippen molar-refractivity contribution < 1.29 is 4.39 Å². The average Bonchev–Trinajstić information content (AvgIpc) is 2.68. The van der Waals surface area contributed by atoms with Crippen LogP contribution in [0.1, 0.15) is 28.7 Å². The molecule has 0 aliphatic heterocycles. The molecule has 0 bridgehead atoms. The number of rotatable bonds is 1. The van der Waals surface area contributed by atoms with Crippen molar-refractivity contribution in [2.75, 3.05) is 0 Å². The summed E-state index contributed by atoms with van der Waals surface area (Å²) in [5.41, 5.74) is 10.2. The van der Waals surface area contributed by atoms with Crippen LogP contribution in [0.3, 0.4) is 0 Å². The number of hydrogen-bond acceptors (Lipinski definition) is 1. The molecular weight excluding hydrogens is 225 g/mol. The van der Waals surface area contributed by atoms with Crippen LogP contribution < -0.4 is 5.73 Å². The largest absolute Gasteiger partial charge is 0.318 e.